The van der Waals surface area contributed by atoms with Crippen LogP contribution < -0.4 is 10.6 Å². The van der Waals surface area contributed by atoms with Crippen LogP contribution in [0.1, 0.15) is 24.2 Å². The first kappa shape index (κ1) is 15.0. The third-order valence-corrected chi connectivity index (χ3v) is 3.13. The largest absolute Gasteiger partial charge is 0.354 e. The van der Waals surface area contributed by atoms with E-state index < -0.39 is 0 Å². The van der Waals surface area contributed by atoms with Gasteiger partial charge in [-0.2, -0.15) is 0 Å². The fraction of sp³-hybridized carbons (Fsp3) is 0.312. The Bertz CT molecular complexity index is 648. The first-order valence-corrected chi connectivity index (χ1v) is 6.99. The SMILES string of the molecule is CC(C)C(=O)NCCNC(=O)c1ccnc2ccccc12. The van der Waals surface area contributed by atoms with E-state index in [4.69, 9.17) is 0 Å². The van der Waals surface area contributed by atoms with Gasteiger partial charge in [-0.1, -0.05) is 32.0 Å². The monoisotopic (exact) mass is 285 g/mol. The lowest BCUT2D eigenvalue weighted by Gasteiger charge is -2.09. The number of carbonyl (C=O) groups excluding carboxylic acids is 2. The number of para-hydroxylation sites is 1. The molecule has 0 atom stereocenters. The number of aromatic nitrogens is 1. The molecule has 0 aliphatic heterocycles. The topological polar surface area (TPSA) is 71.1 Å². The van der Waals surface area contributed by atoms with Crippen molar-refractivity contribution in [2.45, 2.75) is 13.8 Å². The molecule has 0 radical (unpaired) electrons. The van der Waals surface area contributed by atoms with Crippen LogP contribution in [-0.4, -0.2) is 29.9 Å². The van der Waals surface area contributed by atoms with Crippen LogP contribution in [0.25, 0.3) is 10.9 Å². The molecule has 0 fully saturated rings. The van der Waals surface area contributed by atoms with Gasteiger partial charge >= 0.3 is 0 Å². The van der Waals surface area contributed by atoms with Gasteiger partial charge in [-0.05, 0) is 12.1 Å². The van der Waals surface area contributed by atoms with Gasteiger partial charge in [0.25, 0.3) is 5.91 Å². The second kappa shape index (κ2) is 6.83. The van der Waals surface area contributed by atoms with E-state index in [1.807, 2.05) is 38.1 Å². The fourth-order valence-corrected chi connectivity index (χ4v) is 1.95. The van der Waals surface area contributed by atoms with E-state index in [1.165, 1.54) is 0 Å². The van der Waals surface area contributed by atoms with Gasteiger partial charge in [0.15, 0.2) is 0 Å². The normalized spacial score (nSPS) is 10.6. The first-order valence-electron chi connectivity index (χ1n) is 6.99. The molecule has 0 aliphatic rings. The molecule has 1 aromatic carbocycles. The summed E-state index contributed by atoms with van der Waals surface area (Å²) in [4.78, 5) is 27.8. The van der Waals surface area contributed by atoms with Crippen molar-refractivity contribution >= 4 is 22.7 Å². The molecular formula is C16H19N3O2. The van der Waals surface area contributed by atoms with Gasteiger partial charge in [-0.15, -0.1) is 0 Å². The maximum atomic E-state index is 12.2. The number of rotatable bonds is 5. The zero-order valence-corrected chi connectivity index (χ0v) is 12.2. The van der Waals surface area contributed by atoms with Crippen molar-refractivity contribution in [1.29, 1.82) is 0 Å². The number of hydrogen-bond donors (Lipinski definition) is 2. The molecule has 0 saturated carbocycles. The zero-order chi connectivity index (χ0) is 15.2. The molecule has 5 heteroatoms. The van der Waals surface area contributed by atoms with Crippen LogP contribution in [0.5, 0.6) is 0 Å². The molecule has 2 rings (SSSR count). The predicted molar refractivity (Wildman–Crippen MR) is 81.9 cm³/mol. The van der Waals surface area contributed by atoms with Crippen LogP contribution in [0.4, 0.5) is 0 Å². The summed E-state index contributed by atoms with van der Waals surface area (Å²) in [5.41, 5.74) is 1.38. The van der Waals surface area contributed by atoms with Crippen LogP contribution in [0.3, 0.4) is 0 Å². The number of nitrogens with zero attached hydrogens (tertiary/aromatic N) is 1. The van der Waals surface area contributed by atoms with E-state index in [0.29, 0.717) is 18.7 Å². The Hall–Kier alpha value is -2.43. The molecule has 0 spiro atoms. The minimum Gasteiger partial charge on any atom is -0.354 e. The van der Waals surface area contributed by atoms with Gasteiger partial charge in [0, 0.05) is 30.6 Å². The lowest BCUT2D eigenvalue weighted by Crippen LogP contribution is -2.36. The molecule has 2 amide bonds. The Morgan fingerprint density at radius 2 is 1.81 bits per heavy atom. The summed E-state index contributed by atoms with van der Waals surface area (Å²) >= 11 is 0. The van der Waals surface area contributed by atoms with Crippen molar-refractivity contribution < 1.29 is 9.59 Å². The van der Waals surface area contributed by atoms with Crippen molar-refractivity contribution in [3.8, 4) is 0 Å². The molecule has 1 aromatic heterocycles. The predicted octanol–water partition coefficient (Wildman–Crippen LogP) is 1.74. The molecule has 0 saturated heterocycles. The Morgan fingerprint density at radius 1 is 1.10 bits per heavy atom. The molecule has 0 aliphatic carbocycles. The third-order valence-electron chi connectivity index (χ3n) is 3.13. The molecule has 1 heterocycles. The summed E-state index contributed by atoms with van der Waals surface area (Å²) in [6.07, 6.45) is 1.62. The van der Waals surface area contributed by atoms with Gasteiger partial charge < -0.3 is 10.6 Å². The van der Waals surface area contributed by atoms with E-state index in [2.05, 4.69) is 15.6 Å². The quantitative estimate of drug-likeness (QED) is 0.822. The number of carbonyl (C=O) groups is 2. The Kier molecular flexibility index (Phi) is 4.87. The number of pyridine rings is 1. The van der Waals surface area contributed by atoms with E-state index >= 15 is 0 Å². The lowest BCUT2D eigenvalue weighted by atomic mass is 10.1. The maximum absolute atomic E-state index is 12.2. The van der Waals surface area contributed by atoms with Crippen LogP contribution in [0.2, 0.25) is 0 Å². The third kappa shape index (κ3) is 3.78. The minimum absolute atomic E-state index is 0.0152. The number of hydrogen-bond acceptors (Lipinski definition) is 3. The summed E-state index contributed by atoms with van der Waals surface area (Å²) in [6, 6.07) is 9.21. The van der Waals surface area contributed by atoms with Crippen molar-refractivity contribution in [2.24, 2.45) is 5.92 Å². The summed E-state index contributed by atoms with van der Waals surface area (Å²) in [7, 11) is 0. The summed E-state index contributed by atoms with van der Waals surface area (Å²) < 4.78 is 0. The van der Waals surface area contributed by atoms with Crippen LogP contribution >= 0.6 is 0 Å². The summed E-state index contributed by atoms with van der Waals surface area (Å²) in [5, 5.41) is 6.39. The van der Waals surface area contributed by atoms with Crippen LogP contribution in [-0.2, 0) is 4.79 Å². The molecular weight excluding hydrogens is 266 g/mol. The van der Waals surface area contributed by atoms with Gasteiger partial charge in [-0.3, -0.25) is 14.6 Å². The average Bonchev–Trinajstić information content (AvgIpc) is 2.50. The smallest absolute Gasteiger partial charge is 0.252 e. The van der Waals surface area contributed by atoms with Crippen LogP contribution in [0, 0.1) is 5.92 Å². The zero-order valence-electron chi connectivity index (χ0n) is 12.2. The lowest BCUT2D eigenvalue weighted by molar-refractivity contribution is -0.123. The Balaban J connectivity index is 1.95. The maximum Gasteiger partial charge on any atom is 0.252 e. The molecule has 0 bridgehead atoms. The first-order chi connectivity index (χ1) is 10.1. The van der Waals surface area contributed by atoms with Gasteiger partial charge in [0.2, 0.25) is 5.91 Å². The van der Waals surface area contributed by atoms with E-state index in [9.17, 15) is 9.59 Å². The number of amides is 2. The highest BCUT2D eigenvalue weighted by Crippen LogP contribution is 2.15. The second-order valence-corrected chi connectivity index (χ2v) is 5.08. The van der Waals surface area contributed by atoms with Crippen molar-refractivity contribution in [3.63, 3.8) is 0 Å². The van der Waals surface area contributed by atoms with Gasteiger partial charge in [-0.25, -0.2) is 0 Å². The van der Waals surface area contributed by atoms with Crippen molar-refractivity contribution in [3.05, 3.63) is 42.1 Å². The van der Waals surface area contributed by atoms with E-state index in [0.717, 1.165) is 10.9 Å². The van der Waals surface area contributed by atoms with Crippen molar-refractivity contribution in [2.75, 3.05) is 13.1 Å². The Morgan fingerprint density at radius 3 is 2.57 bits per heavy atom. The molecule has 5 nitrogen and oxygen atoms in total. The molecule has 2 N–H and O–H groups in total. The second-order valence-electron chi connectivity index (χ2n) is 5.08. The van der Waals surface area contributed by atoms with E-state index in [-0.39, 0.29) is 17.7 Å². The highest BCUT2D eigenvalue weighted by Gasteiger charge is 2.10. The molecule has 0 unspecified atom stereocenters. The molecule has 2 aromatic rings. The van der Waals surface area contributed by atoms with E-state index in [1.54, 1.807) is 12.3 Å². The van der Waals surface area contributed by atoms with Crippen molar-refractivity contribution in [1.82, 2.24) is 15.6 Å². The standard InChI is InChI=1S/C16H19N3O2/c1-11(2)15(20)18-9-10-19-16(21)13-7-8-17-14-6-4-3-5-12(13)14/h3-8,11H,9-10H2,1-2H3,(H,18,20)(H,19,21). The summed E-state index contributed by atoms with van der Waals surface area (Å²) in [6.45, 7) is 4.48. The highest BCUT2D eigenvalue weighted by molar-refractivity contribution is 6.05. The van der Waals surface area contributed by atoms with Gasteiger partial charge in [0.1, 0.15) is 0 Å². The molecule has 21 heavy (non-hydrogen) atoms. The van der Waals surface area contributed by atoms with Crippen LogP contribution in [0.15, 0.2) is 36.5 Å². The Labute approximate surface area is 123 Å². The highest BCUT2D eigenvalue weighted by atomic mass is 16.2. The number of benzene rings is 1. The minimum atomic E-state index is -0.160. The average molecular weight is 285 g/mol. The molecule has 110 valence electrons. The number of fused-ring (bicyclic) bond motifs is 1. The summed E-state index contributed by atoms with van der Waals surface area (Å²) in [5.74, 6) is -0.226. The number of nitrogens with one attached hydrogen (secondary N) is 2. The fourth-order valence-electron chi connectivity index (χ4n) is 1.95. The van der Waals surface area contributed by atoms with Gasteiger partial charge in [0.05, 0.1) is 11.1 Å².